The molecule has 2 heteroatoms. The quantitative estimate of drug-likeness (QED) is 0.500. The van der Waals surface area contributed by atoms with E-state index in [1.165, 1.54) is 0 Å². The lowest BCUT2D eigenvalue weighted by Gasteiger charge is -2.16. The zero-order valence-electron chi connectivity index (χ0n) is 5.83. The molecule has 3 atom stereocenters. The molecule has 0 saturated carbocycles. The fourth-order valence-electron chi connectivity index (χ4n) is 1.67. The third kappa shape index (κ3) is 0.805. The van der Waals surface area contributed by atoms with Gasteiger partial charge in [-0.2, -0.15) is 0 Å². The van der Waals surface area contributed by atoms with Crippen molar-refractivity contribution in [2.75, 3.05) is 6.54 Å². The van der Waals surface area contributed by atoms with E-state index < -0.39 is 0 Å². The van der Waals surface area contributed by atoms with Crippen LogP contribution in [-0.2, 0) is 0 Å². The number of hydrogen-bond donors (Lipinski definition) is 2. The number of hydrogen-bond acceptors (Lipinski definition) is 2. The minimum atomic E-state index is 0.172. The average Bonchev–Trinajstić information content (AvgIpc) is 2.34. The van der Waals surface area contributed by atoms with Gasteiger partial charge < -0.3 is 11.1 Å². The first-order valence-electron chi connectivity index (χ1n) is 3.72. The van der Waals surface area contributed by atoms with Crippen molar-refractivity contribution < 1.29 is 0 Å². The van der Waals surface area contributed by atoms with Gasteiger partial charge in [0.15, 0.2) is 0 Å². The molecule has 1 saturated heterocycles. The highest BCUT2D eigenvalue weighted by molar-refractivity contribution is 5.18. The molecule has 2 rings (SSSR count). The smallest absolute Gasteiger partial charge is 0.0617 e. The predicted molar refractivity (Wildman–Crippen MR) is 41.2 cm³/mol. The summed E-state index contributed by atoms with van der Waals surface area (Å²) >= 11 is 0. The minimum absolute atomic E-state index is 0.172. The van der Waals surface area contributed by atoms with E-state index >= 15 is 0 Å². The third-order valence-electron chi connectivity index (χ3n) is 2.30. The maximum absolute atomic E-state index is 5.79. The van der Waals surface area contributed by atoms with Crippen molar-refractivity contribution in [1.29, 1.82) is 0 Å². The molecule has 1 aliphatic carbocycles. The summed E-state index contributed by atoms with van der Waals surface area (Å²) in [6.07, 6.45) is 8.76. The lowest BCUT2D eigenvalue weighted by atomic mass is 9.90. The summed E-state index contributed by atoms with van der Waals surface area (Å²) < 4.78 is 0. The molecule has 10 heavy (non-hydrogen) atoms. The molecule has 0 bridgehead atoms. The van der Waals surface area contributed by atoms with Gasteiger partial charge >= 0.3 is 0 Å². The summed E-state index contributed by atoms with van der Waals surface area (Å²) in [5, 5.41) is 3.24. The summed E-state index contributed by atoms with van der Waals surface area (Å²) in [5.74, 6) is 1.17. The van der Waals surface area contributed by atoms with E-state index in [9.17, 15) is 0 Å². The second-order valence-electron chi connectivity index (χ2n) is 2.95. The molecule has 0 aromatic rings. The van der Waals surface area contributed by atoms with Crippen molar-refractivity contribution in [2.24, 2.45) is 17.6 Å². The standard InChI is InChI=1S/C8H12N2/c9-8-7-4-2-1-3-6(7)5-10-8/h1-4,6-8,10H,5,9H2. The van der Waals surface area contributed by atoms with E-state index in [1.54, 1.807) is 0 Å². The van der Waals surface area contributed by atoms with Crippen LogP contribution in [0.4, 0.5) is 0 Å². The van der Waals surface area contributed by atoms with E-state index in [4.69, 9.17) is 5.73 Å². The molecule has 1 aliphatic heterocycles. The van der Waals surface area contributed by atoms with Crippen molar-refractivity contribution in [2.45, 2.75) is 6.17 Å². The Hall–Kier alpha value is -0.600. The Morgan fingerprint density at radius 2 is 2.10 bits per heavy atom. The topological polar surface area (TPSA) is 38.0 Å². The van der Waals surface area contributed by atoms with Crippen LogP contribution < -0.4 is 11.1 Å². The van der Waals surface area contributed by atoms with Crippen LogP contribution in [-0.4, -0.2) is 12.7 Å². The van der Waals surface area contributed by atoms with Crippen LogP contribution in [0.25, 0.3) is 0 Å². The Balaban J connectivity index is 2.19. The van der Waals surface area contributed by atoms with Gasteiger partial charge in [-0.15, -0.1) is 0 Å². The first-order valence-corrected chi connectivity index (χ1v) is 3.72. The van der Waals surface area contributed by atoms with Gasteiger partial charge in [-0.05, 0) is 5.92 Å². The highest BCUT2D eigenvalue weighted by Gasteiger charge is 2.30. The molecule has 0 aromatic carbocycles. The fraction of sp³-hybridized carbons (Fsp3) is 0.500. The largest absolute Gasteiger partial charge is 0.315 e. The van der Waals surface area contributed by atoms with Crippen molar-refractivity contribution >= 4 is 0 Å². The van der Waals surface area contributed by atoms with Gasteiger partial charge in [0.1, 0.15) is 0 Å². The van der Waals surface area contributed by atoms with Crippen LogP contribution in [0.2, 0.25) is 0 Å². The van der Waals surface area contributed by atoms with Crippen molar-refractivity contribution in [3.63, 3.8) is 0 Å². The Morgan fingerprint density at radius 3 is 2.90 bits per heavy atom. The summed E-state index contributed by atoms with van der Waals surface area (Å²) in [5.41, 5.74) is 5.79. The Morgan fingerprint density at radius 1 is 1.30 bits per heavy atom. The zero-order valence-corrected chi connectivity index (χ0v) is 5.83. The first-order chi connectivity index (χ1) is 4.88. The van der Waals surface area contributed by atoms with Crippen LogP contribution in [0.1, 0.15) is 0 Å². The molecule has 0 amide bonds. The first kappa shape index (κ1) is 6.13. The monoisotopic (exact) mass is 136 g/mol. The Labute approximate surface area is 60.8 Å². The lowest BCUT2D eigenvalue weighted by molar-refractivity contribution is 0.497. The highest BCUT2D eigenvalue weighted by Crippen LogP contribution is 2.25. The van der Waals surface area contributed by atoms with Crippen LogP contribution in [0.3, 0.4) is 0 Å². The van der Waals surface area contributed by atoms with Gasteiger partial charge in [-0.1, -0.05) is 24.3 Å². The number of nitrogens with two attached hydrogens (primary N) is 1. The van der Waals surface area contributed by atoms with Crippen LogP contribution >= 0.6 is 0 Å². The average molecular weight is 136 g/mol. The van der Waals surface area contributed by atoms with Gasteiger partial charge in [0.2, 0.25) is 0 Å². The molecular formula is C8H12N2. The van der Waals surface area contributed by atoms with Gasteiger partial charge in [-0.25, -0.2) is 0 Å². The molecule has 0 aromatic heterocycles. The van der Waals surface area contributed by atoms with Gasteiger partial charge in [0, 0.05) is 12.5 Å². The Kier molecular flexibility index (Phi) is 1.36. The van der Waals surface area contributed by atoms with E-state index in [-0.39, 0.29) is 6.17 Å². The molecule has 54 valence electrons. The maximum Gasteiger partial charge on any atom is 0.0617 e. The van der Waals surface area contributed by atoms with Crippen molar-refractivity contribution in [3.8, 4) is 0 Å². The Bertz CT molecular complexity index is 184. The SMILES string of the molecule is NC1NCC2C=CC=CC21. The normalized spacial score (nSPS) is 43.9. The van der Waals surface area contributed by atoms with Gasteiger partial charge in [0.05, 0.1) is 6.17 Å². The molecule has 3 unspecified atom stereocenters. The molecule has 1 heterocycles. The lowest BCUT2D eigenvalue weighted by Crippen LogP contribution is -2.35. The molecule has 1 fully saturated rings. The van der Waals surface area contributed by atoms with E-state index in [0.717, 1.165) is 6.54 Å². The highest BCUT2D eigenvalue weighted by atomic mass is 15.1. The minimum Gasteiger partial charge on any atom is -0.315 e. The van der Waals surface area contributed by atoms with Crippen LogP contribution in [0.5, 0.6) is 0 Å². The number of allylic oxidation sites excluding steroid dienone is 2. The summed E-state index contributed by atoms with van der Waals surface area (Å²) in [4.78, 5) is 0. The zero-order chi connectivity index (χ0) is 6.97. The van der Waals surface area contributed by atoms with Gasteiger partial charge in [-0.3, -0.25) is 0 Å². The second-order valence-corrected chi connectivity index (χ2v) is 2.95. The molecule has 3 N–H and O–H groups in total. The van der Waals surface area contributed by atoms with Crippen LogP contribution in [0.15, 0.2) is 24.3 Å². The summed E-state index contributed by atoms with van der Waals surface area (Å²) in [6, 6.07) is 0. The fourth-order valence-corrected chi connectivity index (χ4v) is 1.67. The van der Waals surface area contributed by atoms with E-state index in [2.05, 4.69) is 29.6 Å². The molecule has 0 spiro atoms. The number of rotatable bonds is 0. The molecule has 0 radical (unpaired) electrons. The van der Waals surface area contributed by atoms with Gasteiger partial charge in [0.25, 0.3) is 0 Å². The van der Waals surface area contributed by atoms with Crippen molar-refractivity contribution in [3.05, 3.63) is 24.3 Å². The predicted octanol–water partition coefficient (Wildman–Crippen LogP) is 0.233. The van der Waals surface area contributed by atoms with Crippen LogP contribution in [0, 0.1) is 11.8 Å². The van der Waals surface area contributed by atoms with E-state index in [1.807, 2.05) is 0 Å². The van der Waals surface area contributed by atoms with Crippen molar-refractivity contribution in [1.82, 2.24) is 5.32 Å². The number of fused-ring (bicyclic) bond motifs is 1. The number of nitrogens with one attached hydrogen (secondary N) is 1. The van der Waals surface area contributed by atoms with E-state index in [0.29, 0.717) is 11.8 Å². The summed E-state index contributed by atoms with van der Waals surface area (Å²) in [6.45, 7) is 1.03. The second kappa shape index (κ2) is 2.22. The molecule has 2 nitrogen and oxygen atoms in total. The molecule has 2 aliphatic rings. The maximum atomic E-state index is 5.79. The summed E-state index contributed by atoms with van der Waals surface area (Å²) in [7, 11) is 0. The molecular weight excluding hydrogens is 124 g/mol. The third-order valence-corrected chi connectivity index (χ3v) is 2.30.